The van der Waals surface area contributed by atoms with E-state index in [1.165, 1.54) is 6.20 Å². The molecular formula is C10H12N2O5. The number of ether oxygens (including phenoxy) is 1. The van der Waals surface area contributed by atoms with Gasteiger partial charge in [-0.25, -0.2) is 4.79 Å². The molecule has 7 nitrogen and oxygen atoms in total. The van der Waals surface area contributed by atoms with Gasteiger partial charge in [-0.1, -0.05) is 6.58 Å². The van der Waals surface area contributed by atoms with Crippen molar-refractivity contribution >= 4 is 0 Å². The summed E-state index contributed by atoms with van der Waals surface area (Å²) in [6, 6.07) is 1.16. The lowest BCUT2D eigenvalue weighted by Crippen LogP contribution is -2.32. The third-order valence-corrected chi connectivity index (χ3v) is 2.64. The molecule has 1 aromatic rings. The Bertz CT molecular complexity index is 546. The Morgan fingerprint density at radius 1 is 1.53 bits per heavy atom. The highest BCUT2D eigenvalue weighted by atomic mass is 16.5. The molecule has 2 rings (SSSR count). The molecule has 3 N–H and O–H groups in total. The van der Waals surface area contributed by atoms with Crippen molar-refractivity contribution in [1.82, 2.24) is 9.55 Å². The van der Waals surface area contributed by atoms with E-state index >= 15 is 0 Å². The predicted octanol–water partition coefficient (Wildman–Crippen LogP) is -1.66. The smallest absolute Gasteiger partial charge is 0.330 e. The van der Waals surface area contributed by atoms with E-state index < -0.39 is 29.7 Å². The second-order valence-electron chi connectivity index (χ2n) is 3.75. The number of rotatable bonds is 2. The van der Waals surface area contributed by atoms with Gasteiger partial charge in [0.15, 0.2) is 6.23 Å². The van der Waals surface area contributed by atoms with Gasteiger partial charge in [-0.15, -0.1) is 0 Å². The van der Waals surface area contributed by atoms with Crippen LogP contribution >= 0.6 is 0 Å². The standard InChI is InChI=1S/C10H12N2O5/c1-5-8(15)6(4-13)17-9(5)12-3-2-7(14)11-10(12)16/h2-3,6,8-9,13,15H,1,4H2,(H,11,14,16)/t6?,8-,9?/m0/s1. The molecule has 1 fully saturated rings. The fourth-order valence-electron chi connectivity index (χ4n) is 1.71. The van der Waals surface area contributed by atoms with E-state index in [1.54, 1.807) is 0 Å². The lowest BCUT2D eigenvalue weighted by atomic mass is 10.1. The Hall–Kier alpha value is -1.70. The number of hydrogen-bond donors (Lipinski definition) is 3. The first kappa shape index (κ1) is 11.8. The summed E-state index contributed by atoms with van der Waals surface area (Å²) in [5, 5.41) is 18.6. The van der Waals surface area contributed by atoms with Gasteiger partial charge in [-0.05, 0) is 0 Å². The van der Waals surface area contributed by atoms with Crippen LogP contribution in [0.15, 0.2) is 34.0 Å². The van der Waals surface area contributed by atoms with Gasteiger partial charge in [0.2, 0.25) is 0 Å². The minimum Gasteiger partial charge on any atom is -0.394 e. The summed E-state index contributed by atoms with van der Waals surface area (Å²) in [4.78, 5) is 24.5. The molecule has 7 heteroatoms. The van der Waals surface area contributed by atoms with E-state index in [9.17, 15) is 14.7 Å². The molecule has 0 radical (unpaired) electrons. The van der Waals surface area contributed by atoms with Crippen LogP contribution in [0.5, 0.6) is 0 Å². The molecule has 0 spiro atoms. The molecule has 2 unspecified atom stereocenters. The zero-order valence-electron chi connectivity index (χ0n) is 8.87. The van der Waals surface area contributed by atoms with Crippen molar-refractivity contribution in [1.29, 1.82) is 0 Å². The van der Waals surface area contributed by atoms with Crippen LogP contribution in [0.25, 0.3) is 0 Å². The third kappa shape index (κ3) is 1.95. The van der Waals surface area contributed by atoms with Crippen molar-refractivity contribution in [2.45, 2.75) is 18.4 Å². The normalized spacial score (nSPS) is 28.6. The van der Waals surface area contributed by atoms with Crippen LogP contribution in [0.1, 0.15) is 6.23 Å². The van der Waals surface area contributed by atoms with Crippen molar-refractivity contribution in [3.8, 4) is 0 Å². The number of aliphatic hydroxyl groups excluding tert-OH is 2. The maximum absolute atomic E-state index is 11.5. The van der Waals surface area contributed by atoms with Gasteiger partial charge in [0, 0.05) is 17.8 Å². The first-order chi connectivity index (χ1) is 8.04. The van der Waals surface area contributed by atoms with Gasteiger partial charge < -0.3 is 14.9 Å². The number of nitrogens with one attached hydrogen (secondary N) is 1. The van der Waals surface area contributed by atoms with E-state index in [1.807, 2.05) is 0 Å². The maximum atomic E-state index is 11.5. The van der Waals surface area contributed by atoms with Crippen LogP contribution < -0.4 is 11.2 Å². The Labute approximate surface area is 95.6 Å². The first-order valence-corrected chi connectivity index (χ1v) is 4.99. The Morgan fingerprint density at radius 2 is 2.24 bits per heavy atom. The van der Waals surface area contributed by atoms with Crippen LogP contribution in [0.3, 0.4) is 0 Å². The Kier molecular flexibility index (Phi) is 2.97. The second kappa shape index (κ2) is 4.28. The monoisotopic (exact) mass is 240 g/mol. The van der Waals surface area contributed by atoms with E-state index in [2.05, 4.69) is 11.6 Å². The summed E-state index contributed by atoms with van der Waals surface area (Å²) in [5.74, 6) is 0. The van der Waals surface area contributed by atoms with Gasteiger partial charge in [-0.3, -0.25) is 14.3 Å². The minimum absolute atomic E-state index is 0.262. The number of H-pyrrole nitrogens is 1. The van der Waals surface area contributed by atoms with Crippen molar-refractivity contribution in [2.75, 3.05) is 6.61 Å². The number of aliphatic hydroxyl groups is 2. The summed E-state index contributed by atoms with van der Waals surface area (Å²) in [6.45, 7) is 3.24. The average Bonchev–Trinajstić information content (AvgIpc) is 2.57. The van der Waals surface area contributed by atoms with Gasteiger partial charge in [0.05, 0.1) is 6.61 Å². The summed E-state index contributed by atoms with van der Waals surface area (Å²) < 4.78 is 6.38. The van der Waals surface area contributed by atoms with Crippen LogP contribution in [0.4, 0.5) is 0 Å². The molecule has 0 saturated carbocycles. The number of nitrogens with zero attached hydrogens (tertiary/aromatic N) is 1. The van der Waals surface area contributed by atoms with Gasteiger partial charge in [0.1, 0.15) is 12.2 Å². The fraction of sp³-hybridized carbons (Fsp3) is 0.400. The quantitative estimate of drug-likeness (QED) is 0.537. The van der Waals surface area contributed by atoms with Crippen molar-refractivity contribution in [3.63, 3.8) is 0 Å². The molecule has 1 aromatic heterocycles. The second-order valence-corrected chi connectivity index (χ2v) is 3.75. The molecular weight excluding hydrogens is 228 g/mol. The van der Waals surface area contributed by atoms with E-state index in [0.717, 1.165) is 10.6 Å². The van der Waals surface area contributed by atoms with Crippen molar-refractivity contribution in [2.24, 2.45) is 0 Å². The molecule has 17 heavy (non-hydrogen) atoms. The number of hydrogen-bond acceptors (Lipinski definition) is 5. The molecule has 0 aromatic carbocycles. The van der Waals surface area contributed by atoms with Crippen molar-refractivity contribution in [3.05, 3.63) is 45.3 Å². The topological polar surface area (TPSA) is 105 Å². The molecule has 0 aliphatic carbocycles. The van der Waals surface area contributed by atoms with Crippen molar-refractivity contribution < 1.29 is 14.9 Å². The third-order valence-electron chi connectivity index (χ3n) is 2.64. The van der Waals surface area contributed by atoms with E-state index in [-0.39, 0.29) is 12.2 Å². The zero-order chi connectivity index (χ0) is 12.6. The Morgan fingerprint density at radius 3 is 2.76 bits per heavy atom. The Balaban J connectivity index is 2.39. The summed E-state index contributed by atoms with van der Waals surface area (Å²) >= 11 is 0. The van der Waals surface area contributed by atoms with E-state index in [4.69, 9.17) is 9.84 Å². The number of aromatic nitrogens is 2. The predicted molar refractivity (Wildman–Crippen MR) is 57.5 cm³/mol. The van der Waals surface area contributed by atoms with Crippen LogP contribution in [-0.2, 0) is 4.74 Å². The molecule has 1 aliphatic heterocycles. The van der Waals surface area contributed by atoms with E-state index in [0.29, 0.717) is 0 Å². The largest absolute Gasteiger partial charge is 0.394 e. The summed E-state index contributed by atoms with van der Waals surface area (Å²) in [6.07, 6.45) is -1.48. The van der Waals surface area contributed by atoms with Gasteiger partial charge in [0.25, 0.3) is 5.56 Å². The molecule has 1 aliphatic rings. The molecule has 0 amide bonds. The lowest BCUT2D eigenvalue weighted by molar-refractivity contribution is -0.0447. The summed E-state index contributed by atoms with van der Waals surface area (Å²) in [7, 11) is 0. The van der Waals surface area contributed by atoms with Gasteiger partial charge >= 0.3 is 5.69 Å². The fourth-order valence-corrected chi connectivity index (χ4v) is 1.71. The number of aromatic amines is 1. The lowest BCUT2D eigenvalue weighted by Gasteiger charge is -2.14. The highest BCUT2D eigenvalue weighted by molar-refractivity contribution is 5.14. The van der Waals surface area contributed by atoms with Gasteiger partial charge in [-0.2, -0.15) is 0 Å². The summed E-state index contributed by atoms with van der Waals surface area (Å²) in [5.41, 5.74) is -0.915. The molecule has 2 heterocycles. The average molecular weight is 240 g/mol. The first-order valence-electron chi connectivity index (χ1n) is 4.99. The van der Waals surface area contributed by atoms with Crippen LogP contribution in [-0.4, -0.2) is 38.6 Å². The highest BCUT2D eigenvalue weighted by Gasteiger charge is 2.38. The molecule has 1 saturated heterocycles. The molecule has 3 atom stereocenters. The maximum Gasteiger partial charge on any atom is 0.330 e. The zero-order valence-corrected chi connectivity index (χ0v) is 8.87. The van der Waals surface area contributed by atoms with Crippen LogP contribution in [0, 0.1) is 0 Å². The molecule has 0 bridgehead atoms. The highest BCUT2D eigenvalue weighted by Crippen LogP contribution is 2.31. The SMILES string of the molecule is C=C1C(n2ccc(=O)[nH]c2=O)OC(CO)[C@H]1O. The van der Waals surface area contributed by atoms with Crippen LogP contribution in [0.2, 0.25) is 0 Å². The molecule has 92 valence electrons. The minimum atomic E-state index is -1.04.